The Kier molecular flexibility index (Phi) is 5.91. The third-order valence-corrected chi connectivity index (χ3v) is 4.04. The number of nitrogens with zero attached hydrogens (tertiary/aromatic N) is 2. The molecule has 2 atom stereocenters. The Balaban J connectivity index is 2.06. The molecule has 0 saturated carbocycles. The van der Waals surface area contributed by atoms with Crippen molar-refractivity contribution in [3.63, 3.8) is 0 Å². The van der Waals surface area contributed by atoms with Crippen LogP contribution >= 0.6 is 23.2 Å². The van der Waals surface area contributed by atoms with E-state index >= 15 is 0 Å². The van der Waals surface area contributed by atoms with Crippen molar-refractivity contribution < 1.29 is 9.53 Å². The Hall–Kier alpha value is -1.72. The molecule has 0 aliphatic heterocycles. The van der Waals surface area contributed by atoms with Gasteiger partial charge < -0.3 is 10.1 Å². The van der Waals surface area contributed by atoms with Crippen molar-refractivity contribution in [1.29, 1.82) is 0 Å². The predicted octanol–water partition coefficient (Wildman–Crippen LogP) is 4.57. The molecular weight excluding hydrogens is 337 g/mol. The molecule has 1 heterocycles. The van der Waals surface area contributed by atoms with Crippen LogP contribution in [-0.2, 0) is 4.79 Å². The van der Waals surface area contributed by atoms with Gasteiger partial charge in [-0.2, -0.15) is 5.10 Å². The fourth-order valence-corrected chi connectivity index (χ4v) is 2.30. The molecule has 0 fully saturated rings. The maximum atomic E-state index is 12.3. The fourth-order valence-electron chi connectivity index (χ4n) is 1.98. The second-order valence-corrected chi connectivity index (χ2v) is 6.09. The maximum Gasteiger partial charge on any atom is 0.266 e. The summed E-state index contributed by atoms with van der Waals surface area (Å²) in [5.41, 5.74) is 0. The lowest BCUT2D eigenvalue weighted by molar-refractivity contribution is -0.122. The van der Waals surface area contributed by atoms with Crippen LogP contribution in [0.4, 0.5) is 5.82 Å². The molecule has 0 saturated heterocycles. The number of amides is 1. The lowest BCUT2D eigenvalue weighted by Crippen LogP contribution is -2.31. The van der Waals surface area contributed by atoms with Gasteiger partial charge in [0.05, 0.1) is 17.3 Å². The Bertz CT molecular complexity index is 688. The number of carbonyl (C=O) groups excluding carboxylic acids is 1. The lowest BCUT2D eigenvalue weighted by Gasteiger charge is -2.18. The molecule has 1 aromatic carbocycles. The van der Waals surface area contributed by atoms with Crippen molar-refractivity contribution in [1.82, 2.24) is 9.78 Å². The van der Waals surface area contributed by atoms with E-state index in [9.17, 15) is 4.79 Å². The van der Waals surface area contributed by atoms with Gasteiger partial charge in [0.1, 0.15) is 11.6 Å². The number of ether oxygens (including phenoxy) is 1. The van der Waals surface area contributed by atoms with Crippen molar-refractivity contribution in [2.45, 2.75) is 39.3 Å². The van der Waals surface area contributed by atoms with E-state index in [2.05, 4.69) is 17.3 Å². The molecule has 1 aromatic heterocycles. The summed E-state index contributed by atoms with van der Waals surface area (Å²) in [6.45, 7) is 5.75. The van der Waals surface area contributed by atoms with Gasteiger partial charge in [0.2, 0.25) is 0 Å². The molecule has 124 valence electrons. The van der Waals surface area contributed by atoms with Gasteiger partial charge >= 0.3 is 0 Å². The van der Waals surface area contributed by atoms with E-state index in [-0.39, 0.29) is 11.9 Å². The smallest absolute Gasteiger partial charge is 0.266 e. The van der Waals surface area contributed by atoms with Gasteiger partial charge in [-0.15, -0.1) is 0 Å². The fraction of sp³-hybridized carbons (Fsp3) is 0.375. The molecule has 0 aliphatic rings. The Morgan fingerprint density at radius 3 is 2.78 bits per heavy atom. The van der Waals surface area contributed by atoms with E-state index in [1.807, 2.05) is 6.92 Å². The molecule has 0 radical (unpaired) electrons. The summed E-state index contributed by atoms with van der Waals surface area (Å²) >= 11 is 12.0. The van der Waals surface area contributed by atoms with Gasteiger partial charge in [0.15, 0.2) is 6.10 Å². The van der Waals surface area contributed by atoms with Crippen LogP contribution in [0.3, 0.4) is 0 Å². The molecular formula is C16H19Cl2N3O2. The first kappa shape index (κ1) is 17.6. The highest BCUT2D eigenvalue weighted by Gasteiger charge is 2.19. The summed E-state index contributed by atoms with van der Waals surface area (Å²) in [6.07, 6.45) is 1.84. The van der Waals surface area contributed by atoms with Crippen LogP contribution in [0.1, 0.15) is 33.2 Å². The van der Waals surface area contributed by atoms with Crippen LogP contribution in [-0.4, -0.2) is 21.8 Å². The van der Waals surface area contributed by atoms with E-state index in [4.69, 9.17) is 27.9 Å². The van der Waals surface area contributed by atoms with E-state index in [1.165, 1.54) is 0 Å². The normalized spacial score (nSPS) is 13.4. The molecule has 5 nitrogen and oxygen atoms in total. The number of benzene rings is 1. The third kappa shape index (κ3) is 4.39. The number of hydrogen-bond acceptors (Lipinski definition) is 3. The molecule has 1 N–H and O–H groups in total. The zero-order chi connectivity index (χ0) is 17.0. The van der Waals surface area contributed by atoms with Crippen molar-refractivity contribution in [2.24, 2.45) is 0 Å². The highest BCUT2D eigenvalue weighted by molar-refractivity contribution is 6.34. The number of anilines is 1. The van der Waals surface area contributed by atoms with Crippen molar-refractivity contribution in [3.8, 4) is 5.75 Å². The number of hydrogen-bond donors (Lipinski definition) is 1. The summed E-state index contributed by atoms with van der Waals surface area (Å²) in [5, 5.41) is 7.95. The molecule has 23 heavy (non-hydrogen) atoms. The van der Waals surface area contributed by atoms with Crippen LogP contribution in [0.2, 0.25) is 10.0 Å². The monoisotopic (exact) mass is 355 g/mol. The standard InChI is InChI=1S/C16H19Cl2N3O2/c1-4-10(2)21-15(7-8-19-21)20-16(22)11(3)23-14-9-12(17)5-6-13(14)18/h5-11H,4H2,1-3H3,(H,20,22)/t10-,11+/m1/s1. The predicted molar refractivity (Wildman–Crippen MR) is 92.4 cm³/mol. The van der Waals surface area contributed by atoms with Gasteiger partial charge in [0, 0.05) is 17.2 Å². The summed E-state index contributed by atoms with van der Waals surface area (Å²) in [5.74, 6) is 0.723. The highest BCUT2D eigenvalue weighted by Crippen LogP contribution is 2.28. The minimum absolute atomic E-state index is 0.193. The van der Waals surface area contributed by atoms with Crippen molar-refractivity contribution in [2.75, 3.05) is 5.32 Å². The zero-order valence-corrected chi connectivity index (χ0v) is 14.7. The number of rotatable bonds is 6. The van der Waals surface area contributed by atoms with E-state index in [0.29, 0.717) is 21.6 Å². The quantitative estimate of drug-likeness (QED) is 0.825. The Morgan fingerprint density at radius 1 is 1.35 bits per heavy atom. The van der Waals surface area contributed by atoms with Gasteiger partial charge in [-0.25, -0.2) is 4.68 Å². The molecule has 0 unspecified atom stereocenters. The van der Waals surface area contributed by atoms with Crippen LogP contribution in [0, 0.1) is 0 Å². The number of halogens is 2. The second-order valence-electron chi connectivity index (χ2n) is 5.24. The topological polar surface area (TPSA) is 56.2 Å². The van der Waals surface area contributed by atoms with E-state index in [0.717, 1.165) is 6.42 Å². The van der Waals surface area contributed by atoms with Gasteiger partial charge in [-0.1, -0.05) is 30.1 Å². The van der Waals surface area contributed by atoms with Crippen LogP contribution in [0.5, 0.6) is 5.75 Å². The number of aromatic nitrogens is 2. The van der Waals surface area contributed by atoms with Crippen LogP contribution in [0.25, 0.3) is 0 Å². The second kappa shape index (κ2) is 7.70. The molecule has 0 aliphatic carbocycles. The molecule has 0 bridgehead atoms. The largest absolute Gasteiger partial charge is 0.479 e. The Labute approximate surface area is 145 Å². The average molecular weight is 356 g/mol. The summed E-state index contributed by atoms with van der Waals surface area (Å²) < 4.78 is 7.38. The van der Waals surface area contributed by atoms with Gasteiger partial charge in [-0.05, 0) is 32.4 Å². The van der Waals surface area contributed by atoms with E-state index < -0.39 is 6.10 Å². The van der Waals surface area contributed by atoms with Gasteiger partial charge in [0.25, 0.3) is 5.91 Å². The number of carbonyl (C=O) groups is 1. The summed E-state index contributed by atoms with van der Waals surface area (Å²) in [7, 11) is 0. The molecule has 2 aromatic rings. The first-order chi connectivity index (χ1) is 10.9. The summed E-state index contributed by atoms with van der Waals surface area (Å²) in [6, 6.07) is 6.81. The SMILES string of the molecule is CC[C@@H](C)n1nccc1NC(=O)[C@H](C)Oc1cc(Cl)ccc1Cl. The summed E-state index contributed by atoms with van der Waals surface area (Å²) in [4.78, 5) is 12.3. The van der Waals surface area contributed by atoms with Gasteiger partial charge in [-0.3, -0.25) is 4.79 Å². The maximum absolute atomic E-state index is 12.3. The third-order valence-electron chi connectivity index (χ3n) is 3.50. The minimum Gasteiger partial charge on any atom is -0.479 e. The van der Waals surface area contributed by atoms with E-state index in [1.54, 1.807) is 42.1 Å². The lowest BCUT2D eigenvalue weighted by atomic mass is 10.3. The van der Waals surface area contributed by atoms with Crippen molar-refractivity contribution >= 4 is 34.9 Å². The van der Waals surface area contributed by atoms with Crippen molar-refractivity contribution in [3.05, 3.63) is 40.5 Å². The molecule has 7 heteroatoms. The van der Waals surface area contributed by atoms with Crippen LogP contribution in [0.15, 0.2) is 30.5 Å². The zero-order valence-electron chi connectivity index (χ0n) is 13.2. The average Bonchev–Trinajstić information content (AvgIpc) is 2.98. The first-order valence-corrected chi connectivity index (χ1v) is 8.14. The first-order valence-electron chi connectivity index (χ1n) is 7.38. The molecule has 0 spiro atoms. The Morgan fingerprint density at radius 2 is 2.09 bits per heavy atom. The number of nitrogens with one attached hydrogen (secondary N) is 1. The minimum atomic E-state index is -0.730. The van der Waals surface area contributed by atoms with Crippen LogP contribution < -0.4 is 10.1 Å². The highest BCUT2D eigenvalue weighted by atomic mass is 35.5. The molecule has 1 amide bonds. The molecule has 2 rings (SSSR count).